The first-order valence-electron chi connectivity index (χ1n) is 7.52. The summed E-state index contributed by atoms with van der Waals surface area (Å²) in [7, 11) is 0. The molecular formula is C17H27NO2. The molecule has 20 heavy (non-hydrogen) atoms. The smallest absolute Gasteiger partial charge is 0.219 e. The van der Waals surface area contributed by atoms with Crippen molar-refractivity contribution >= 4 is 5.91 Å². The van der Waals surface area contributed by atoms with E-state index in [0.29, 0.717) is 12.2 Å². The number of phenols is 1. The molecule has 0 aromatic heterocycles. The summed E-state index contributed by atoms with van der Waals surface area (Å²) in [6.45, 7) is 7.26. The van der Waals surface area contributed by atoms with Gasteiger partial charge in [0, 0.05) is 13.0 Å². The van der Waals surface area contributed by atoms with Gasteiger partial charge in [0.05, 0.1) is 0 Å². The lowest BCUT2D eigenvalue weighted by Gasteiger charge is -2.25. The first-order valence-corrected chi connectivity index (χ1v) is 7.52. The maximum Gasteiger partial charge on any atom is 0.219 e. The Kier molecular flexibility index (Phi) is 6.56. The molecule has 0 aliphatic carbocycles. The van der Waals surface area contributed by atoms with E-state index in [1.54, 1.807) is 12.1 Å². The molecule has 1 aromatic carbocycles. The average Bonchev–Trinajstić information content (AvgIpc) is 2.39. The topological polar surface area (TPSA) is 49.3 Å². The maximum absolute atomic E-state index is 11.6. The van der Waals surface area contributed by atoms with Gasteiger partial charge in [-0.25, -0.2) is 0 Å². The Morgan fingerprint density at radius 1 is 1.20 bits per heavy atom. The summed E-state index contributed by atoms with van der Waals surface area (Å²) < 4.78 is 0. The van der Waals surface area contributed by atoms with Gasteiger partial charge in [0.25, 0.3) is 0 Å². The van der Waals surface area contributed by atoms with Crippen LogP contribution in [0, 0.1) is 0 Å². The molecule has 0 bridgehead atoms. The second kappa shape index (κ2) is 7.93. The number of carbonyl (C=O) groups is 1. The predicted octanol–water partition coefficient (Wildman–Crippen LogP) is 3.76. The lowest BCUT2D eigenvalue weighted by Crippen LogP contribution is -2.25. The maximum atomic E-state index is 11.6. The molecule has 0 aliphatic rings. The van der Waals surface area contributed by atoms with Crippen LogP contribution >= 0.6 is 0 Å². The number of benzene rings is 1. The molecule has 0 fully saturated rings. The summed E-state index contributed by atoms with van der Waals surface area (Å²) in [5.74, 6) is 0.444. The average molecular weight is 277 g/mol. The second-order valence-corrected chi connectivity index (χ2v) is 5.99. The summed E-state index contributed by atoms with van der Waals surface area (Å²) in [6, 6.07) is 7.34. The van der Waals surface area contributed by atoms with E-state index in [1.165, 1.54) is 5.56 Å². The Morgan fingerprint density at radius 2 is 1.85 bits per heavy atom. The molecular weight excluding hydrogens is 250 g/mol. The van der Waals surface area contributed by atoms with Crippen LogP contribution in [0.15, 0.2) is 24.3 Å². The minimum absolute atomic E-state index is 0.0252. The molecule has 2 N–H and O–H groups in total. The van der Waals surface area contributed by atoms with Crippen molar-refractivity contribution in [2.45, 2.75) is 58.3 Å². The number of hydrogen-bond acceptors (Lipinski definition) is 2. The summed E-state index contributed by atoms with van der Waals surface area (Å²) in [5.41, 5.74) is 1.22. The Balaban J connectivity index is 2.36. The molecule has 1 aromatic rings. The van der Waals surface area contributed by atoms with E-state index in [4.69, 9.17) is 0 Å². The molecule has 0 atom stereocenters. The van der Waals surface area contributed by atoms with Crippen LogP contribution in [0.2, 0.25) is 0 Å². The van der Waals surface area contributed by atoms with E-state index in [0.717, 1.165) is 32.2 Å². The third-order valence-electron chi connectivity index (χ3n) is 3.71. The summed E-state index contributed by atoms with van der Waals surface area (Å²) in [5, 5.41) is 12.3. The molecule has 0 aliphatic heterocycles. The number of carbonyl (C=O) groups excluding carboxylic acids is 1. The van der Waals surface area contributed by atoms with E-state index in [9.17, 15) is 9.90 Å². The van der Waals surface area contributed by atoms with Crippen molar-refractivity contribution < 1.29 is 9.90 Å². The van der Waals surface area contributed by atoms with Crippen molar-refractivity contribution in [2.24, 2.45) is 0 Å². The number of unbranched alkanes of at least 4 members (excludes halogenated alkanes) is 1. The quantitative estimate of drug-likeness (QED) is 0.711. The Labute approximate surface area is 122 Å². The minimum atomic E-state index is 0.0252. The van der Waals surface area contributed by atoms with Crippen LogP contribution in [0.5, 0.6) is 5.75 Å². The first-order chi connectivity index (χ1) is 9.45. The molecule has 1 amide bonds. The summed E-state index contributed by atoms with van der Waals surface area (Å²) in [4.78, 5) is 11.6. The first kappa shape index (κ1) is 16.5. The fourth-order valence-corrected chi connectivity index (χ4v) is 2.24. The van der Waals surface area contributed by atoms with Gasteiger partial charge in [0.2, 0.25) is 5.91 Å². The summed E-state index contributed by atoms with van der Waals surface area (Å²) >= 11 is 0. The van der Waals surface area contributed by atoms with Gasteiger partial charge >= 0.3 is 0 Å². The van der Waals surface area contributed by atoms with E-state index in [1.807, 2.05) is 12.1 Å². The van der Waals surface area contributed by atoms with Crippen molar-refractivity contribution in [1.29, 1.82) is 0 Å². The number of rotatable bonds is 8. The third kappa shape index (κ3) is 5.64. The normalized spacial score (nSPS) is 11.3. The minimum Gasteiger partial charge on any atom is -0.508 e. The molecule has 3 heteroatoms. The number of amides is 1. The fourth-order valence-electron chi connectivity index (χ4n) is 2.24. The highest BCUT2D eigenvalue weighted by Gasteiger charge is 2.20. The van der Waals surface area contributed by atoms with E-state index in [-0.39, 0.29) is 11.3 Å². The third-order valence-corrected chi connectivity index (χ3v) is 3.71. The Hall–Kier alpha value is -1.51. The number of nitrogens with one attached hydrogen (secondary N) is 1. The molecule has 1 rings (SSSR count). The Bertz CT molecular complexity index is 410. The second-order valence-electron chi connectivity index (χ2n) is 5.99. The lowest BCUT2D eigenvalue weighted by molar-refractivity contribution is -0.121. The zero-order chi connectivity index (χ0) is 15.0. The van der Waals surface area contributed by atoms with Crippen LogP contribution in [-0.4, -0.2) is 17.6 Å². The number of phenolic OH excluding ortho intramolecular Hbond substituents is 1. The van der Waals surface area contributed by atoms with Crippen LogP contribution < -0.4 is 5.32 Å². The van der Waals surface area contributed by atoms with Crippen molar-refractivity contribution in [3.05, 3.63) is 29.8 Å². The van der Waals surface area contributed by atoms with E-state index < -0.39 is 0 Å². The van der Waals surface area contributed by atoms with Gasteiger partial charge in [-0.3, -0.25) is 4.79 Å². The lowest BCUT2D eigenvalue weighted by atomic mass is 9.80. The van der Waals surface area contributed by atoms with Gasteiger partial charge in [-0.05, 0) is 42.4 Å². The molecule has 112 valence electrons. The van der Waals surface area contributed by atoms with E-state index >= 15 is 0 Å². The van der Waals surface area contributed by atoms with Crippen LogP contribution in [-0.2, 0) is 10.2 Å². The van der Waals surface area contributed by atoms with Crippen LogP contribution in [0.4, 0.5) is 0 Å². The van der Waals surface area contributed by atoms with Crippen LogP contribution in [0.3, 0.4) is 0 Å². The van der Waals surface area contributed by atoms with Gasteiger partial charge < -0.3 is 10.4 Å². The highest BCUT2D eigenvalue weighted by molar-refractivity contribution is 5.75. The number of aromatic hydroxyl groups is 1. The van der Waals surface area contributed by atoms with E-state index in [2.05, 4.69) is 26.1 Å². The summed E-state index contributed by atoms with van der Waals surface area (Å²) in [6.07, 6.45) is 4.58. The highest BCUT2D eigenvalue weighted by atomic mass is 16.3. The van der Waals surface area contributed by atoms with Gasteiger partial charge in [0.1, 0.15) is 5.75 Å². The Morgan fingerprint density at radius 3 is 2.45 bits per heavy atom. The molecule has 0 heterocycles. The zero-order valence-corrected chi connectivity index (χ0v) is 12.9. The largest absolute Gasteiger partial charge is 0.508 e. The van der Waals surface area contributed by atoms with Gasteiger partial charge in [-0.15, -0.1) is 0 Å². The van der Waals surface area contributed by atoms with Gasteiger partial charge in [-0.2, -0.15) is 0 Å². The van der Waals surface area contributed by atoms with Crippen LogP contribution in [0.1, 0.15) is 58.4 Å². The van der Waals surface area contributed by atoms with Crippen molar-refractivity contribution in [3.8, 4) is 5.75 Å². The molecule has 0 spiro atoms. The van der Waals surface area contributed by atoms with Gasteiger partial charge in [0.15, 0.2) is 0 Å². The van der Waals surface area contributed by atoms with Gasteiger partial charge in [-0.1, -0.05) is 39.3 Å². The molecule has 0 saturated heterocycles. The van der Waals surface area contributed by atoms with Crippen molar-refractivity contribution in [2.75, 3.05) is 6.54 Å². The predicted molar refractivity (Wildman–Crippen MR) is 82.9 cm³/mol. The number of hydrogen-bond donors (Lipinski definition) is 2. The molecule has 0 saturated carbocycles. The monoisotopic (exact) mass is 277 g/mol. The standard InChI is InChI=1S/C17H27NO2/c1-4-5-13-18-16(20)7-6-12-17(2,3)14-8-10-15(19)11-9-14/h8-11,19H,4-7,12-13H2,1-3H3,(H,18,20). The van der Waals surface area contributed by atoms with Crippen molar-refractivity contribution in [1.82, 2.24) is 5.32 Å². The molecule has 0 radical (unpaired) electrons. The fraction of sp³-hybridized carbons (Fsp3) is 0.588. The molecule has 3 nitrogen and oxygen atoms in total. The highest BCUT2D eigenvalue weighted by Crippen LogP contribution is 2.29. The molecule has 0 unspecified atom stereocenters. The van der Waals surface area contributed by atoms with Crippen molar-refractivity contribution in [3.63, 3.8) is 0 Å². The van der Waals surface area contributed by atoms with Crippen LogP contribution in [0.25, 0.3) is 0 Å². The SMILES string of the molecule is CCCCNC(=O)CCCC(C)(C)c1ccc(O)cc1. The zero-order valence-electron chi connectivity index (χ0n) is 12.9.